The average Bonchev–Trinajstić information content (AvgIpc) is 2.97. The highest BCUT2D eigenvalue weighted by atomic mass is 15.3. The lowest BCUT2D eigenvalue weighted by Gasteiger charge is -2.24. The number of hydrogen-bond donors (Lipinski definition) is 2. The van der Waals surface area contributed by atoms with Crippen molar-refractivity contribution in [2.24, 2.45) is 0 Å². The first kappa shape index (κ1) is 24.0. The van der Waals surface area contributed by atoms with Crippen LogP contribution < -0.4 is 15.5 Å². The van der Waals surface area contributed by atoms with Crippen LogP contribution in [0.3, 0.4) is 0 Å². The number of nitrogens with one attached hydrogen (secondary N) is 2. The molecule has 5 aromatic rings. The maximum atomic E-state index is 4.85. The Morgan fingerprint density at radius 2 is 0.784 bits per heavy atom. The molecular formula is C31H30N6. The van der Waals surface area contributed by atoms with Gasteiger partial charge in [-0.2, -0.15) is 15.0 Å². The fourth-order valence-electron chi connectivity index (χ4n) is 4.02. The summed E-state index contributed by atoms with van der Waals surface area (Å²) < 4.78 is 0. The molecule has 0 radical (unpaired) electrons. The van der Waals surface area contributed by atoms with Crippen LogP contribution in [0.1, 0.15) is 22.3 Å². The van der Waals surface area contributed by atoms with Gasteiger partial charge in [0.15, 0.2) is 0 Å². The van der Waals surface area contributed by atoms with Crippen molar-refractivity contribution in [2.75, 3.05) is 15.5 Å². The van der Waals surface area contributed by atoms with Crippen LogP contribution in [0.5, 0.6) is 0 Å². The molecule has 0 saturated heterocycles. The van der Waals surface area contributed by atoms with E-state index in [2.05, 4.69) is 93.3 Å². The largest absolute Gasteiger partial charge is 0.350 e. The summed E-state index contributed by atoms with van der Waals surface area (Å²) in [6.45, 7) is 2.60. The Hall–Kier alpha value is -4.71. The summed E-state index contributed by atoms with van der Waals surface area (Å²) in [7, 11) is 0. The minimum atomic E-state index is 0.538. The van der Waals surface area contributed by atoms with Crippen LogP contribution in [0.2, 0.25) is 0 Å². The summed E-state index contributed by atoms with van der Waals surface area (Å²) in [5.41, 5.74) is 4.70. The van der Waals surface area contributed by atoms with Crippen LogP contribution in [0.4, 0.5) is 17.8 Å². The number of anilines is 3. The summed E-state index contributed by atoms with van der Waals surface area (Å²) in [5.74, 6) is 1.69. The van der Waals surface area contributed by atoms with Gasteiger partial charge >= 0.3 is 0 Å². The molecule has 6 nitrogen and oxygen atoms in total. The predicted molar refractivity (Wildman–Crippen MR) is 150 cm³/mol. The number of aromatic nitrogens is 3. The molecule has 0 saturated carbocycles. The van der Waals surface area contributed by atoms with Gasteiger partial charge < -0.3 is 15.5 Å². The van der Waals surface area contributed by atoms with E-state index in [4.69, 9.17) is 9.97 Å². The van der Waals surface area contributed by atoms with E-state index in [0.717, 1.165) is 11.1 Å². The lowest BCUT2D eigenvalue weighted by molar-refractivity contribution is 0.757. The minimum Gasteiger partial charge on any atom is -0.350 e. The van der Waals surface area contributed by atoms with Gasteiger partial charge in [-0.15, -0.1) is 0 Å². The molecule has 0 aliphatic rings. The smallest absolute Gasteiger partial charge is 0.232 e. The van der Waals surface area contributed by atoms with E-state index in [1.54, 1.807) is 0 Å². The Balaban J connectivity index is 1.45. The first-order valence-electron chi connectivity index (χ1n) is 12.5. The number of hydrogen-bond acceptors (Lipinski definition) is 6. The number of rotatable bonds is 11. The molecule has 1 aromatic heterocycles. The fourth-order valence-corrected chi connectivity index (χ4v) is 4.02. The molecule has 5 rings (SSSR count). The zero-order chi connectivity index (χ0) is 25.1. The van der Waals surface area contributed by atoms with E-state index < -0.39 is 0 Å². The Morgan fingerprint density at radius 3 is 1.16 bits per heavy atom. The summed E-state index contributed by atoms with van der Waals surface area (Å²) >= 11 is 0. The SMILES string of the molecule is c1ccc(CNc2nc(NCc3ccccc3)nc(N(Cc3ccccc3)Cc3ccccc3)n2)cc1. The van der Waals surface area contributed by atoms with Gasteiger partial charge in [0, 0.05) is 26.2 Å². The molecule has 0 bridgehead atoms. The molecule has 4 aromatic carbocycles. The maximum absolute atomic E-state index is 4.85. The van der Waals surface area contributed by atoms with Crippen molar-refractivity contribution in [3.8, 4) is 0 Å². The van der Waals surface area contributed by atoms with E-state index >= 15 is 0 Å². The molecule has 0 aliphatic carbocycles. The second kappa shape index (κ2) is 12.3. The molecule has 0 spiro atoms. The van der Waals surface area contributed by atoms with Crippen molar-refractivity contribution >= 4 is 17.8 Å². The third-order valence-electron chi connectivity index (χ3n) is 5.93. The molecule has 0 atom stereocenters. The minimum absolute atomic E-state index is 0.538. The van der Waals surface area contributed by atoms with E-state index in [9.17, 15) is 0 Å². The summed E-state index contributed by atoms with van der Waals surface area (Å²) in [4.78, 5) is 16.6. The zero-order valence-corrected chi connectivity index (χ0v) is 20.7. The van der Waals surface area contributed by atoms with Crippen molar-refractivity contribution in [3.05, 3.63) is 144 Å². The molecule has 0 amide bonds. The van der Waals surface area contributed by atoms with Gasteiger partial charge in [-0.25, -0.2) is 0 Å². The highest BCUT2D eigenvalue weighted by Crippen LogP contribution is 2.20. The van der Waals surface area contributed by atoms with Crippen LogP contribution in [-0.4, -0.2) is 15.0 Å². The van der Waals surface area contributed by atoms with Gasteiger partial charge in [0.1, 0.15) is 0 Å². The lowest BCUT2D eigenvalue weighted by Crippen LogP contribution is -2.25. The first-order chi connectivity index (χ1) is 18.3. The highest BCUT2D eigenvalue weighted by Gasteiger charge is 2.15. The van der Waals surface area contributed by atoms with Gasteiger partial charge in [0.2, 0.25) is 17.8 Å². The average molecular weight is 487 g/mol. The first-order valence-corrected chi connectivity index (χ1v) is 12.5. The Morgan fingerprint density at radius 1 is 0.432 bits per heavy atom. The molecule has 0 aliphatic heterocycles. The monoisotopic (exact) mass is 486 g/mol. The third kappa shape index (κ3) is 7.15. The number of nitrogens with zero attached hydrogens (tertiary/aromatic N) is 4. The topological polar surface area (TPSA) is 66.0 Å². The lowest BCUT2D eigenvalue weighted by atomic mass is 10.2. The molecule has 1 heterocycles. The standard InChI is InChI=1S/C31H30N6/c1-5-13-25(14-6-1)21-32-29-34-30(33-22-26-15-7-2-8-16-26)36-31(35-29)37(23-27-17-9-3-10-18-27)24-28-19-11-4-12-20-28/h1-20H,21-24H2,(H2,32,33,34,35,36). The van der Waals surface area contributed by atoms with Crippen LogP contribution in [0, 0.1) is 0 Å². The summed E-state index contributed by atoms with van der Waals surface area (Å²) in [6, 6.07) is 41.3. The van der Waals surface area contributed by atoms with Gasteiger partial charge in [0.05, 0.1) is 0 Å². The van der Waals surface area contributed by atoms with Crippen molar-refractivity contribution in [1.82, 2.24) is 15.0 Å². The van der Waals surface area contributed by atoms with Crippen LogP contribution in [0.25, 0.3) is 0 Å². The highest BCUT2D eigenvalue weighted by molar-refractivity contribution is 5.46. The van der Waals surface area contributed by atoms with E-state index in [0.29, 0.717) is 44.0 Å². The van der Waals surface area contributed by atoms with Gasteiger partial charge in [-0.3, -0.25) is 0 Å². The molecular weight excluding hydrogens is 456 g/mol. The third-order valence-corrected chi connectivity index (χ3v) is 5.93. The summed E-state index contributed by atoms with van der Waals surface area (Å²) in [6.07, 6.45) is 0. The van der Waals surface area contributed by atoms with Gasteiger partial charge in [0.25, 0.3) is 0 Å². The van der Waals surface area contributed by atoms with Crippen molar-refractivity contribution < 1.29 is 0 Å². The Labute approximate surface area is 218 Å². The van der Waals surface area contributed by atoms with E-state index in [1.807, 2.05) is 48.5 Å². The van der Waals surface area contributed by atoms with Gasteiger partial charge in [-0.05, 0) is 22.3 Å². The summed E-state index contributed by atoms with van der Waals surface area (Å²) in [5, 5.41) is 6.79. The second-order valence-electron chi connectivity index (χ2n) is 8.79. The molecule has 37 heavy (non-hydrogen) atoms. The van der Waals surface area contributed by atoms with Crippen LogP contribution in [-0.2, 0) is 26.2 Å². The van der Waals surface area contributed by atoms with E-state index in [-0.39, 0.29) is 0 Å². The quantitative estimate of drug-likeness (QED) is 0.228. The Kier molecular flexibility index (Phi) is 7.99. The second-order valence-corrected chi connectivity index (χ2v) is 8.79. The molecule has 2 N–H and O–H groups in total. The molecule has 0 unspecified atom stereocenters. The molecule has 6 heteroatoms. The zero-order valence-electron chi connectivity index (χ0n) is 20.7. The molecule has 0 fully saturated rings. The maximum Gasteiger partial charge on any atom is 0.232 e. The van der Waals surface area contributed by atoms with Crippen LogP contribution >= 0.6 is 0 Å². The van der Waals surface area contributed by atoms with Crippen molar-refractivity contribution in [2.45, 2.75) is 26.2 Å². The van der Waals surface area contributed by atoms with E-state index in [1.165, 1.54) is 11.1 Å². The fraction of sp³-hybridized carbons (Fsp3) is 0.129. The normalized spacial score (nSPS) is 10.6. The molecule has 184 valence electrons. The van der Waals surface area contributed by atoms with Crippen LogP contribution in [0.15, 0.2) is 121 Å². The van der Waals surface area contributed by atoms with Crippen molar-refractivity contribution in [3.63, 3.8) is 0 Å². The van der Waals surface area contributed by atoms with Crippen molar-refractivity contribution in [1.29, 1.82) is 0 Å². The van der Waals surface area contributed by atoms with Gasteiger partial charge in [-0.1, -0.05) is 121 Å². The Bertz CT molecular complexity index is 1260. The number of benzene rings is 4. The predicted octanol–water partition coefficient (Wildman–Crippen LogP) is 6.30.